The van der Waals surface area contributed by atoms with Crippen LogP contribution in [0.3, 0.4) is 0 Å². The van der Waals surface area contributed by atoms with Gasteiger partial charge in [-0.25, -0.2) is 14.6 Å². The average molecular weight is 479 g/mol. The van der Waals surface area contributed by atoms with Crippen LogP contribution in [0.2, 0.25) is 0 Å². The third-order valence-corrected chi connectivity index (χ3v) is 6.63. The Morgan fingerprint density at radius 3 is 2.50 bits per heavy atom. The zero-order valence-corrected chi connectivity index (χ0v) is 19.9. The van der Waals surface area contributed by atoms with Crippen molar-refractivity contribution in [2.45, 2.75) is 26.9 Å². The monoisotopic (exact) mass is 478 g/mol. The minimum absolute atomic E-state index is 0.153. The van der Waals surface area contributed by atoms with Crippen molar-refractivity contribution in [3.63, 3.8) is 0 Å². The summed E-state index contributed by atoms with van der Waals surface area (Å²) in [5.74, 6) is -0.560. The van der Waals surface area contributed by atoms with Crippen molar-refractivity contribution in [3.05, 3.63) is 81.9 Å². The van der Waals surface area contributed by atoms with Crippen LogP contribution in [0.25, 0.3) is 0 Å². The van der Waals surface area contributed by atoms with E-state index in [4.69, 9.17) is 4.74 Å². The molecule has 1 aliphatic heterocycles. The van der Waals surface area contributed by atoms with E-state index in [9.17, 15) is 14.4 Å². The van der Waals surface area contributed by atoms with Gasteiger partial charge in [0.05, 0.1) is 17.9 Å². The molecule has 1 aliphatic rings. The Kier molecular flexibility index (Phi) is 7.22. The second kappa shape index (κ2) is 10.5. The zero-order chi connectivity index (χ0) is 24.1. The number of esters is 1. The number of aryl methyl sites for hydroxylation is 1. The number of thiazole rings is 1. The molecule has 34 heavy (non-hydrogen) atoms. The quantitative estimate of drug-likeness (QED) is 0.494. The second-order valence-electron chi connectivity index (χ2n) is 7.85. The fraction of sp³-hybridized carbons (Fsp3) is 0.280. The highest BCUT2D eigenvalue weighted by molar-refractivity contribution is 7.17. The number of rotatable bonds is 8. The van der Waals surface area contributed by atoms with Crippen LogP contribution in [-0.2, 0) is 17.8 Å². The second-order valence-corrected chi connectivity index (χ2v) is 8.83. The molecule has 3 aromatic rings. The summed E-state index contributed by atoms with van der Waals surface area (Å²) in [7, 11) is 0. The zero-order valence-electron chi connectivity index (χ0n) is 19.1. The summed E-state index contributed by atoms with van der Waals surface area (Å²) < 4.78 is 5.00. The maximum atomic E-state index is 13.0. The van der Waals surface area contributed by atoms with Gasteiger partial charge in [-0.3, -0.25) is 9.69 Å². The van der Waals surface area contributed by atoms with Crippen LogP contribution in [0.4, 0.5) is 9.93 Å². The number of ether oxygens (including phenoxy) is 1. The number of anilines is 1. The van der Waals surface area contributed by atoms with Gasteiger partial charge in [0.15, 0.2) is 5.13 Å². The van der Waals surface area contributed by atoms with E-state index in [1.54, 1.807) is 35.8 Å². The molecule has 0 unspecified atom stereocenters. The lowest BCUT2D eigenvalue weighted by Crippen LogP contribution is -2.31. The van der Waals surface area contributed by atoms with Gasteiger partial charge in [0.2, 0.25) is 0 Å². The minimum atomic E-state index is -0.361. The molecule has 8 nitrogen and oxygen atoms in total. The standard InChI is InChI=1S/C25H26N4O4S/c1-3-33-23(31)20-11-9-19(10-12-20)16-28-13-14-29(25(28)32)24-27-17(2)21(34-24)22(30)26-15-18-7-5-4-6-8-18/h4-12H,3,13-16H2,1-2H3,(H,26,30). The minimum Gasteiger partial charge on any atom is -0.462 e. The van der Waals surface area contributed by atoms with Crippen LogP contribution in [0.1, 0.15) is 43.8 Å². The van der Waals surface area contributed by atoms with Gasteiger partial charge in [-0.2, -0.15) is 0 Å². The van der Waals surface area contributed by atoms with Crippen LogP contribution in [0.15, 0.2) is 54.6 Å². The number of hydrogen-bond acceptors (Lipinski definition) is 6. The molecule has 9 heteroatoms. The SMILES string of the molecule is CCOC(=O)c1ccc(CN2CCN(c3nc(C)c(C(=O)NCc4ccccc4)s3)C2=O)cc1. The van der Waals surface area contributed by atoms with Crippen LogP contribution in [-0.4, -0.2) is 47.5 Å². The summed E-state index contributed by atoms with van der Waals surface area (Å²) in [6.45, 7) is 5.77. The molecule has 2 aromatic carbocycles. The molecule has 0 aliphatic carbocycles. The van der Waals surface area contributed by atoms with Gasteiger partial charge in [-0.1, -0.05) is 53.8 Å². The van der Waals surface area contributed by atoms with E-state index in [0.717, 1.165) is 11.1 Å². The van der Waals surface area contributed by atoms with E-state index >= 15 is 0 Å². The Labute approximate surface area is 202 Å². The van der Waals surface area contributed by atoms with Gasteiger partial charge in [0, 0.05) is 26.2 Å². The third kappa shape index (κ3) is 5.26. The van der Waals surface area contributed by atoms with E-state index in [2.05, 4.69) is 10.3 Å². The fourth-order valence-corrected chi connectivity index (χ4v) is 4.66. The Balaban J connectivity index is 1.38. The van der Waals surface area contributed by atoms with Gasteiger partial charge in [-0.15, -0.1) is 0 Å². The molecule has 4 rings (SSSR count). The normalized spacial score (nSPS) is 13.3. The molecule has 0 saturated carbocycles. The highest BCUT2D eigenvalue weighted by atomic mass is 32.1. The number of nitrogens with zero attached hydrogens (tertiary/aromatic N) is 3. The van der Waals surface area contributed by atoms with E-state index in [0.29, 0.717) is 54.1 Å². The summed E-state index contributed by atoms with van der Waals surface area (Å²) in [5.41, 5.74) is 3.01. The number of carbonyl (C=O) groups is 3. The number of benzene rings is 2. The summed E-state index contributed by atoms with van der Waals surface area (Å²) in [4.78, 5) is 45.9. The molecule has 1 N–H and O–H groups in total. The molecule has 3 amide bonds. The van der Waals surface area contributed by atoms with Gasteiger partial charge < -0.3 is 15.0 Å². The lowest BCUT2D eigenvalue weighted by atomic mass is 10.1. The Morgan fingerprint density at radius 2 is 1.79 bits per heavy atom. The van der Waals surface area contributed by atoms with Crippen molar-refractivity contribution in [2.75, 3.05) is 24.6 Å². The van der Waals surface area contributed by atoms with Gasteiger partial charge in [0.1, 0.15) is 4.88 Å². The molecule has 0 radical (unpaired) electrons. The van der Waals surface area contributed by atoms with Gasteiger partial charge in [-0.05, 0) is 37.1 Å². The number of hydrogen-bond donors (Lipinski definition) is 1. The lowest BCUT2D eigenvalue weighted by Gasteiger charge is -2.17. The van der Waals surface area contributed by atoms with Crippen molar-refractivity contribution in [3.8, 4) is 0 Å². The third-order valence-electron chi connectivity index (χ3n) is 5.45. The first kappa shape index (κ1) is 23.4. The lowest BCUT2D eigenvalue weighted by molar-refractivity contribution is 0.0526. The van der Waals surface area contributed by atoms with E-state index in [1.165, 1.54) is 11.3 Å². The van der Waals surface area contributed by atoms with Gasteiger partial charge >= 0.3 is 12.0 Å². The number of aromatic nitrogens is 1. The molecular weight excluding hydrogens is 452 g/mol. The van der Waals surface area contributed by atoms with Crippen molar-refractivity contribution in [2.24, 2.45) is 0 Å². The first-order valence-electron chi connectivity index (χ1n) is 11.1. The molecule has 1 fully saturated rings. The first-order valence-corrected chi connectivity index (χ1v) is 11.9. The Bertz CT molecular complexity index is 1180. The largest absolute Gasteiger partial charge is 0.462 e. The molecule has 0 spiro atoms. The number of carbonyl (C=O) groups excluding carboxylic acids is 3. The number of nitrogens with one attached hydrogen (secondary N) is 1. The highest BCUT2D eigenvalue weighted by Crippen LogP contribution is 2.29. The number of urea groups is 1. The van der Waals surface area contributed by atoms with Crippen molar-refractivity contribution in [1.82, 2.24) is 15.2 Å². The predicted molar refractivity (Wildman–Crippen MR) is 130 cm³/mol. The highest BCUT2D eigenvalue weighted by Gasteiger charge is 2.32. The summed E-state index contributed by atoms with van der Waals surface area (Å²) in [5, 5.41) is 3.44. The van der Waals surface area contributed by atoms with Crippen LogP contribution >= 0.6 is 11.3 Å². The van der Waals surface area contributed by atoms with Crippen LogP contribution < -0.4 is 10.2 Å². The first-order chi connectivity index (χ1) is 16.5. The number of amides is 3. The van der Waals surface area contributed by atoms with Crippen molar-refractivity contribution >= 4 is 34.4 Å². The predicted octanol–water partition coefficient (Wildman–Crippen LogP) is 4.00. The van der Waals surface area contributed by atoms with Gasteiger partial charge in [0.25, 0.3) is 5.91 Å². The topological polar surface area (TPSA) is 91.8 Å². The van der Waals surface area contributed by atoms with E-state index in [1.807, 2.05) is 42.5 Å². The summed E-state index contributed by atoms with van der Waals surface area (Å²) >= 11 is 1.23. The molecule has 1 aromatic heterocycles. The maximum Gasteiger partial charge on any atom is 0.338 e. The van der Waals surface area contributed by atoms with Crippen LogP contribution in [0, 0.1) is 6.92 Å². The average Bonchev–Trinajstić information content (AvgIpc) is 3.41. The Hall–Kier alpha value is -3.72. The maximum absolute atomic E-state index is 13.0. The molecular formula is C25H26N4O4S. The molecule has 0 atom stereocenters. The van der Waals surface area contributed by atoms with Crippen LogP contribution in [0.5, 0.6) is 0 Å². The summed E-state index contributed by atoms with van der Waals surface area (Å²) in [6.07, 6.45) is 0. The smallest absolute Gasteiger partial charge is 0.338 e. The molecule has 176 valence electrons. The molecule has 1 saturated heterocycles. The fourth-order valence-electron chi connectivity index (χ4n) is 3.65. The Morgan fingerprint density at radius 1 is 1.06 bits per heavy atom. The molecule has 2 heterocycles. The van der Waals surface area contributed by atoms with E-state index in [-0.39, 0.29) is 17.9 Å². The van der Waals surface area contributed by atoms with Crippen molar-refractivity contribution < 1.29 is 19.1 Å². The van der Waals surface area contributed by atoms with Crippen molar-refractivity contribution in [1.29, 1.82) is 0 Å². The molecule has 0 bridgehead atoms. The summed E-state index contributed by atoms with van der Waals surface area (Å²) in [6, 6.07) is 16.6. The van der Waals surface area contributed by atoms with E-state index < -0.39 is 0 Å².